The maximum Gasteiger partial charge on any atom is 0.259 e. The van der Waals surface area contributed by atoms with Crippen LogP contribution in [0.4, 0.5) is 0 Å². The topological polar surface area (TPSA) is 93.2 Å². The highest BCUT2D eigenvalue weighted by Gasteiger charge is 2.32. The molecular weight excluding hydrogens is 334 g/mol. The average molecular weight is 357 g/mol. The number of hydrogen-bond acceptors (Lipinski definition) is 6. The zero-order valence-electron chi connectivity index (χ0n) is 15.1. The van der Waals surface area contributed by atoms with Gasteiger partial charge in [0.25, 0.3) is 5.91 Å². The molecule has 0 aromatic carbocycles. The Balaban J connectivity index is 1.50. The number of methoxy groups -OCH3 is 2. The van der Waals surface area contributed by atoms with Crippen molar-refractivity contribution in [2.75, 3.05) is 27.3 Å². The van der Waals surface area contributed by atoms with Gasteiger partial charge >= 0.3 is 0 Å². The average Bonchev–Trinajstić information content (AvgIpc) is 3.43. The van der Waals surface area contributed by atoms with Crippen LogP contribution in [-0.4, -0.2) is 58.3 Å². The van der Waals surface area contributed by atoms with Gasteiger partial charge in [0.15, 0.2) is 5.82 Å². The van der Waals surface area contributed by atoms with Crippen molar-refractivity contribution in [2.45, 2.75) is 37.5 Å². The highest BCUT2D eigenvalue weighted by atomic mass is 16.5. The quantitative estimate of drug-likeness (QED) is 0.881. The molecular formula is C18H23N5O3. The van der Waals surface area contributed by atoms with E-state index in [1.807, 2.05) is 4.90 Å². The Kier molecular flexibility index (Phi) is 4.48. The van der Waals surface area contributed by atoms with Crippen molar-refractivity contribution in [3.63, 3.8) is 0 Å². The lowest BCUT2D eigenvalue weighted by atomic mass is 9.97. The molecule has 2 aromatic heterocycles. The van der Waals surface area contributed by atoms with Crippen LogP contribution in [0, 0.1) is 0 Å². The summed E-state index contributed by atoms with van der Waals surface area (Å²) in [5, 5.41) is 7.46. The Labute approximate surface area is 151 Å². The van der Waals surface area contributed by atoms with Crippen molar-refractivity contribution in [2.24, 2.45) is 0 Å². The molecule has 0 spiro atoms. The molecule has 1 atom stereocenters. The molecule has 0 bridgehead atoms. The maximum atomic E-state index is 13.0. The minimum Gasteiger partial charge on any atom is -0.481 e. The fraction of sp³-hybridized carbons (Fsp3) is 0.556. The zero-order valence-corrected chi connectivity index (χ0v) is 15.1. The molecule has 138 valence electrons. The first-order chi connectivity index (χ1) is 12.7. The number of hydrogen-bond donors (Lipinski definition) is 1. The van der Waals surface area contributed by atoms with E-state index in [1.165, 1.54) is 27.1 Å². The van der Waals surface area contributed by atoms with Crippen LogP contribution in [0.25, 0.3) is 0 Å². The minimum absolute atomic E-state index is 0.0837. The molecule has 8 nitrogen and oxygen atoms in total. The van der Waals surface area contributed by atoms with Crippen LogP contribution < -0.4 is 9.47 Å². The number of aromatic amines is 1. The van der Waals surface area contributed by atoms with Gasteiger partial charge in [0, 0.05) is 31.0 Å². The van der Waals surface area contributed by atoms with Crippen molar-refractivity contribution < 1.29 is 14.3 Å². The molecule has 3 heterocycles. The molecule has 2 aliphatic rings. The number of nitrogens with one attached hydrogen (secondary N) is 1. The zero-order chi connectivity index (χ0) is 18.1. The summed E-state index contributed by atoms with van der Waals surface area (Å²) in [6, 6.07) is 3.38. The maximum absolute atomic E-state index is 13.0. The standard InChI is InChI=1S/C18H23N5O3/c1-25-14-8-7-13(17(19-14)26-2)18(24)23-9-3-4-12(10-23)16-20-15(21-22-16)11-5-6-11/h7-8,11-12H,3-6,9-10H2,1-2H3,(H,20,21,22). The molecule has 1 aliphatic carbocycles. The lowest BCUT2D eigenvalue weighted by Crippen LogP contribution is -2.39. The van der Waals surface area contributed by atoms with Crippen LogP contribution in [0.2, 0.25) is 0 Å². The predicted octanol–water partition coefficient (Wildman–Crippen LogP) is 2.11. The van der Waals surface area contributed by atoms with Gasteiger partial charge in [0.05, 0.1) is 14.2 Å². The molecule has 1 aliphatic heterocycles. The summed E-state index contributed by atoms with van der Waals surface area (Å²) < 4.78 is 10.4. The summed E-state index contributed by atoms with van der Waals surface area (Å²) in [6.07, 6.45) is 4.29. The molecule has 8 heteroatoms. The Bertz CT molecular complexity index is 802. The van der Waals surface area contributed by atoms with Crippen LogP contribution in [0.15, 0.2) is 12.1 Å². The van der Waals surface area contributed by atoms with E-state index in [2.05, 4.69) is 20.2 Å². The van der Waals surface area contributed by atoms with E-state index in [0.29, 0.717) is 30.5 Å². The second-order valence-corrected chi connectivity index (χ2v) is 6.85. The summed E-state index contributed by atoms with van der Waals surface area (Å²) in [6.45, 7) is 1.32. The number of H-pyrrole nitrogens is 1. The molecule has 1 saturated heterocycles. The van der Waals surface area contributed by atoms with E-state index in [1.54, 1.807) is 12.1 Å². The van der Waals surface area contributed by atoms with Gasteiger partial charge < -0.3 is 14.4 Å². The van der Waals surface area contributed by atoms with E-state index >= 15 is 0 Å². The SMILES string of the molecule is COc1ccc(C(=O)N2CCCC(c3n[nH]c(C4CC4)n3)C2)c(OC)n1. The Hall–Kier alpha value is -2.64. The second-order valence-electron chi connectivity index (χ2n) is 6.85. The lowest BCUT2D eigenvalue weighted by molar-refractivity contribution is 0.0700. The molecule has 1 N–H and O–H groups in total. The summed E-state index contributed by atoms with van der Waals surface area (Å²) in [7, 11) is 3.04. The largest absolute Gasteiger partial charge is 0.481 e. The fourth-order valence-corrected chi connectivity index (χ4v) is 3.41. The van der Waals surface area contributed by atoms with Crippen molar-refractivity contribution in [3.05, 3.63) is 29.3 Å². The van der Waals surface area contributed by atoms with Gasteiger partial charge in [0.1, 0.15) is 11.4 Å². The molecule has 1 unspecified atom stereocenters. The van der Waals surface area contributed by atoms with E-state index < -0.39 is 0 Å². The highest BCUT2D eigenvalue weighted by Crippen LogP contribution is 2.38. The molecule has 1 saturated carbocycles. The van der Waals surface area contributed by atoms with Gasteiger partial charge in [-0.3, -0.25) is 9.89 Å². The molecule has 2 aromatic rings. The van der Waals surface area contributed by atoms with E-state index in [4.69, 9.17) is 9.47 Å². The number of aromatic nitrogens is 4. The van der Waals surface area contributed by atoms with Gasteiger partial charge in [0.2, 0.25) is 11.8 Å². The number of nitrogens with zero attached hydrogens (tertiary/aromatic N) is 4. The normalized spacial score (nSPS) is 20.1. The number of amides is 1. The number of carbonyl (C=O) groups excluding carboxylic acids is 1. The molecule has 4 rings (SSSR count). The van der Waals surface area contributed by atoms with Crippen LogP contribution in [0.3, 0.4) is 0 Å². The first-order valence-corrected chi connectivity index (χ1v) is 9.00. The predicted molar refractivity (Wildman–Crippen MR) is 93.6 cm³/mol. The third kappa shape index (κ3) is 3.23. The molecule has 26 heavy (non-hydrogen) atoms. The summed E-state index contributed by atoms with van der Waals surface area (Å²) in [5.74, 6) is 3.14. The number of likely N-dealkylation sites (tertiary alicyclic amines) is 1. The van der Waals surface area contributed by atoms with Crippen LogP contribution in [0.5, 0.6) is 11.8 Å². The van der Waals surface area contributed by atoms with Gasteiger partial charge in [-0.2, -0.15) is 10.1 Å². The van der Waals surface area contributed by atoms with Gasteiger partial charge in [-0.15, -0.1) is 0 Å². The van der Waals surface area contributed by atoms with Gasteiger partial charge in [-0.25, -0.2) is 4.98 Å². The number of carbonyl (C=O) groups is 1. The van der Waals surface area contributed by atoms with Crippen LogP contribution in [0.1, 0.15) is 59.5 Å². The Morgan fingerprint density at radius 2 is 2.00 bits per heavy atom. The second kappa shape index (κ2) is 6.93. The third-order valence-electron chi connectivity index (χ3n) is 5.03. The van der Waals surface area contributed by atoms with Gasteiger partial charge in [-0.1, -0.05) is 0 Å². The van der Waals surface area contributed by atoms with Crippen LogP contribution >= 0.6 is 0 Å². The number of piperidine rings is 1. The number of pyridine rings is 1. The van der Waals surface area contributed by atoms with E-state index in [-0.39, 0.29) is 17.7 Å². The third-order valence-corrected chi connectivity index (χ3v) is 5.03. The first-order valence-electron chi connectivity index (χ1n) is 9.00. The van der Waals surface area contributed by atoms with Crippen LogP contribution in [-0.2, 0) is 0 Å². The Morgan fingerprint density at radius 1 is 1.15 bits per heavy atom. The fourth-order valence-electron chi connectivity index (χ4n) is 3.41. The minimum atomic E-state index is -0.0837. The lowest BCUT2D eigenvalue weighted by Gasteiger charge is -2.31. The van der Waals surface area contributed by atoms with E-state index in [0.717, 1.165) is 24.5 Å². The number of rotatable bonds is 5. The smallest absolute Gasteiger partial charge is 0.259 e. The van der Waals surface area contributed by atoms with Crippen molar-refractivity contribution in [1.29, 1.82) is 0 Å². The van der Waals surface area contributed by atoms with Crippen molar-refractivity contribution in [3.8, 4) is 11.8 Å². The van der Waals surface area contributed by atoms with E-state index in [9.17, 15) is 4.79 Å². The van der Waals surface area contributed by atoms with Crippen molar-refractivity contribution >= 4 is 5.91 Å². The molecule has 1 amide bonds. The monoisotopic (exact) mass is 357 g/mol. The number of ether oxygens (including phenoxy) is 2. The highest BCUT2D eigenvalue weighted by molar-refractivity contribution is 5.96. The van der Waals surface area contributed by atoms with Crippen molar-refractivity contribution in [1.82, 2.24) is 25.1 Å². The van der Waals surface area contributed by atoms with Gasteiger partial charge in [-0.05, 0) is 31.7 Å². The summed E-state index contributed by atoms with van der Waals surface area (Å²) in [5.41, 5.74) is 0.447. The first kappa shape index (κ1) is 16.8. The Morgan fingerprint density at radius 3 is 2.73 bits per heavy atom. The molecule has 2 fully saturated rings. The summed E-state index contributed by atoms with van der Waals surface area (Å²) in [4.78, 5) is 23.7. The molecule has 0 radical (unpaired) electrons. The summed E-state index contributed by atoms with van der Waals surface area (Å²) >= 11 is 0.